The minimum absolute atomic E-state index is 0.0358. The number of benzene rings is 2. The number of Topliss-reactive ketones (excluding diaryl/α,β-unsaturated/α-hetero) is 1. The molecule has 2 atom stereocenters. The number of ketones is 1. The Balaban J connectivity index is 1.89. The summed E-state index contributed by atoms with van der Waals surface area (Å²) in [5.74, 6) is -2.50. The maximum absolute atomic E-state index is 14.2. The van der Waals surface area contributed by atoms with E-state index in [4.69, 9.17) is 0 Å². The van der Waals surface area contributed by atoms with Gasteiger partial charge < -0.3 is 15.3 Å². The van der Waals surface area contributed by atoms with Gasteiger partial charge in [-0.05, 0) is 116 Å². The van der Waals surface area contributed by atoms with Gasteiger partial charge >= 0.3 is 11.9 Å². The summed E-state index contributed by atoms with van der Waals surface area (Å²) < 4.78 is 36.5. The number of likely N-dealkylation sites (tertiary alicyclic amines) is 2. The number of aromatic hydroxyl groups is 1. The van der Waals surface area contributed by atoms with Crippen molar-refractivity contribution in [3.8, 4) is 5.75 Å². The molecule has 2 unspecified atom stereocenters. The maximum atomic E-state index is 14.2. The number of phenolic OH excluding ortho intramolecular Hbond substituents is 1. The summed E-state index contributed by atoms with van der Waals surface area (Å²) in [5.41, 5.74) is 4.80. The first kappa shape index (κ1) is 38.1. The van der Waals surface area contributed by atoms with Crippen molar-refractivity contribution in [3.05, 3.63) is 86.5 Å². The minimum Gasteiger partial charge on any atom is -0.507 e. The van der Waals surface area contributed by atoms with Gasteiger partial charge in [-0.3, -0.25) is 28.7 Å². The molecular weight excluding hydrogens is 673 g/mol. The van der Waals surface area contributed by atoms with Crippen molar-refractivity contribution in [1.82, 2.24) is 9.80 Å². The number of phenols is 1. The molecule has 0 amide bonds. The fourth-order valence-corrected chi connectivity index (χ4v) is 8.48. The van der Waals surface area contributed by atoms with E-state index in [1.54, 1.807) is 37.0 Å². The molecule has 0 bridgehead atoms. The first-order valence-corrected chi connectivity index (χ1v) is 18.9. The number of rotatable bonds is 11. The molecule has 0 aromatic heterocycles. The Morgan fingerprint density at radius 3 is 1.98 bits per heavy atom. The van der Waals surface area contributed by atoms with Gasteiger partial charge in [-0.25, -0.2) is 0 Å². The summed E-state index contributed by atoms with van der Waals surface area (Å²) in [5, 5.41) is 31.6. The van der Waals surface area contributed by atoms with E-state index in [2.05, 4.69) is 0 Å². The second-order valence-corrected chi connectivity index (χ2v) is 15.9. The van der Waals surface area contributed by atoms with E-state index in [0.717, 1.165) is 0 Å². The Hall–Kier alpha value is -4.10. The first-order chi connectivity index (χ1) is 23.9. The SMILES string of the molecule is CC1=C(CN2CCCC2C(=O)O)C(=O)C(C(C)C)=C/C1=C(/c1ccccc1S(=O)(=O)O)c1cc(C(C)C)c(O)c(CN2CCCC2C(=O)O)c1C. The Bertz CT molecular complexity index is 1970. The Morgan fingerprint density at radius 1 is 0.882 bits per heavy atom. The normalized spacial score (nSPS) is 21.6. The van der Waals surface area contributed by atoms with Crippen LogP contribution in [-0.4, -0.2) is 87.5 Å². The summed E-state index contributed by atoms with van der Waals surface area (Å²) in [6.45, 7) is 12.5. The molecule has 51 heavy (non-hydrogen) atoms. The van der Waals surface area contributed by atoms with E-state index in [0.29, 0.717) is 88.9 Å². The molecule has 1 aliphatic carbocycles. The average Bonchev–Trinajstić information content (AvgIpc) is 3.72. The van der Waals surface area contributed by atoms with Gasteiger partial charge in [0.15, 0.2) is 5.78 Å². The molecule has 274 valence electrons. The van der Waals surface area contributed by atoms with Crippen LogP contribution >= 0.6 is 0 Å². The molecule has 2 heterocycles. The summed E-state index contributed by atoms with van der Waals surface area (Å²) in [6.07, 6.45) is 4.07. The third-order valence-corrected chi connectivity index (χ3v) is 11.6. The number of hydrogen-bond donors (Lipinski definition) is 4. The molecule has 12 heteroatoms. The smallest absolute Gasteiger partial charge is 0.320 e. The fourth-order valence-electron chi connectivity index (χ4n) is 7.78. The average molecular weight is 721 g/mol. The van der Waals surface area contributed by atoms with Crippen molar-refractivity contribution in [2.24, 2.45) is 5.92 Å². The lowest BCUT2D eigenvalue weighted by atomic mass is 9.77. The fraction of sp³-hybridized carbons (Fsp3) is 0.462. The predicted molar refractivity (Wildman–Crippen MR) is 193 cm³/mol. The highest BCUT2D eigenvalue weighted by Crippen LogP contribution is 2.45. The Kier molecular flexibility index (Phi) is 11.1. The van der Waals surface area contributed by atoms with Crippen molar-refractivity contribution >= 4 is 33.4 Å². The molecule has 0 saturated carbocycles. The molecule has 2 aliphatic heterocycles. The highest BCUT2D eigenvalue weighted by Gasteiger charge is 2.37. The summed E-state index contributed by atoms with van der Waals surface area (Å²) in [7, 11) is -4.76. The molecule has 2 saturated heterocycles. The summed E-state index contributed by atoms with van der Waals surface area (Å²) in [6, 6.07) is 6.44. The number of carboxylic acids is 2. The third kappa shape index (κ3) is 7.46. The topological polar surface area (TPSA) is 173 Å². The molecule has 2 aromatic rings. The molecule has 0 radical (unpaired) electrons. The van der Waals surface area contributed by atoms with E-state index in [1.807, 2.05) is 38.7 Å². The predicted octanol–water partition coefficient (Wildman–Crippen LogP) is 5.95. The quantitative estimate of drug-likeness (QED) is 0.202. The molecule has 11 nitrogen and oxygen atoms in total. The van der Waals surface area contributed by atoms with Gasteiger partial charge in [0.05, 0.1) is 0 Å². The van der Waals surface area contributed by atoms with Crippen LogP contribution in [0.1, 0.15) is 94.0 Å². The Morgan fingerprint density at radius 2 is 1.45 bits per heavy atom. The largest absolute Gasteiger partial charge is 0.507 e. The highest BCUT2D eigenvalue weighted by atomic mass is 32.2. The molecule has 2 fully saturated rings. The van der Waals surface area contributed by atoms with Gasteiger partial charge in [-0.15, -0.1) is 0 Å². The summed E-state index contributed by atoms with van der Waals surface area (Å²) >= 11 is 0. The zero-order chi connectivity index (χ0) is 37.5. The van der Waals surface area contributed by atoms with E-state index >= 15 is 0 Å². The lowest BCUT2D eigenvalue weighted by molar-refractivity contribution is -0.143. The van der Waals surface area contributed by atoms with Crippen molar-refractivity contribution in [2.75, 3.05) is 19.6 Å². The number of hydrogen-bond acceptors (Lipinski definition) is 8. The maximum Gasteiger partial charge on any atom is 0.320 e. The second kappa shape index (κ2) is 14.9. The third-order valence-electron chi connectivity index (χ3n) is 10.6. The number of allylic oxidation sites excluding steroid dienone is 4. The van der Waals surface area contributed by atoms with Crippen LogP contribution in [-0.2, 0) is 31.0 Å². The summed E-state index contributed by atoms with van der Waals surface area (Å²) in [4.78, 5) is 41.7. The van der Waals surface area contributed by atoms with Gasteiger partial charge in [0.25, 0.3) is 10.1 Å². The van der Waals surface area contributed by atoms with Crippen LogP contribution < -0.4 is 0 Å². The van der Waals surface area contributed by atoms with Gasteiger partial charge in [0, 0.05) is 35.4 Å². The number of nitrogens with zero attached hydrogens (tertiary/aromatic N) is 2. The second-order valence-electron chi connectivity index (χ2n) is 14.5. The van der Waals surface area contributed by atoms with Crippen molar-refractivity contribution in [2.45, 2.75) is 96.7 Å². The van der Waals surface area contributed by atoms with Crippen molar-refractivity contribution < 1.29 is 42.7 Å². The zero-order valence-corrected chi connectivity index (χ0v) is 30.9. The van der Waals surface area contributed by atoms with Crippen molar-refractivity contribution in [3.63, 3.8) is 0 Å². The van der Waals surface area contributed by atoms with E-state index in [1.165, 1.54) is 12.1 Å². The number of carbonyl (C=O) groups excluding carboxylic acids is 1. The molecule has 5 rings (SSSR count). The highest BCUT2D eigenvalue weighted by molar-refractivity contribution is 7.86. The van der Waals surface area contributed by atoms with E-state index < -0.39 is 34.1 Å². The zero-order valence-electron chi connectivity index (χ0n) is 30.1. The van der Waals surface area contributed by atoms with Crippen LogP contribution in [0.2, 0.25) is 0 Å². The van der Waals surface area contributed by atoms with Crippen LogP contribution in [0.25, 0.3) is 5.57 Å². The van der Waals surface area contributed by atoms with Gasteiger partial charge in [-0.1, -0.05) is 45.9 Å². The lowest BCUT2D eigenvalue weighted by Gasteiger charge is -2.30. The molecular formula is C39H48N2O9S. The Labute approximate surface area is 299 Å². The van der Waals surface area contributed by atoms with Gasteiger partial charge in [0.1, 0.15) is 22.7 Å². The standard InChI is InChI=1S/C39H48N2O9S/c1-21(2)26-17-28(23(5)30(36(26)42)19-40-15-9-12-32(40)38(44)45)35(25-11-7-8-14-34(25)51(48,49)50)29-18-27(22(3)4)37(43)31(24(29)6)20-41-16-10-13-33(41)39(46)47/h7-8,11,14,17-18,21-22,32-33,42H,9-10,12-13,15-16,19-20H2,1-6H3,(H,44,45)(H,46,47)(H,48,49,50)/b35-29+. The van der Waals surface area contributed by atoms with Gasteiger partial charge in [-0.2, -0.15) is 8.42 Å². The van der Waals surface area contributed by atoms with Crippen LogP contribution in [0.5, 0.6) is 5.75 Å². The molecule has 2 aromatic carbocycles. The number of carboxylic acid groups (broad SMARTS) is 2. The van der Waals surface area contributed by atoms with Crippen LogP contribution in [0.3, 0.4) is 0 Å². The monoisotopic (exact) mass is 720 g/mol. The number of aliphatic carboxylic acids is 2. The number of carbonyl (C=O) groups is 3. The molecule has 4 N–H and O–H groups in total. The van der Waals surface area contributed by atoms with Crippen LogP contribution in [0.15, 0.2) is 63.6 Å². The van der Waals surface area contributed by atoms with E-state index in [9.17, 15) is 42.7 Å². The molecule has 0 spiro atoms. The lowest BCUT2D eigenvalue weighted by Crippen LogP contribution is -2.39. The van der Waals surface area contributed by atoms with E-state index in [-0.39, 0.29) is 46.9 Å². The minimum atomic E-state index is -4.76. The molecule has 3 aliphatic rings. The van der Waals surface area contributed by atoms with Gasteiger partial charge in [0.2, 0.25) is 0 Å². The van der Waals surface area contributed by atoms with Crippen LogP contribution in [0.4, 0.5) is 0 Å². The van der Waals surface area contributed by atoms with Crippen molar-refractivity contribution in [1.29, 1.82) is 0 Å². The van der Waals surface area contributed by atoms with Crippen LogP contribution in [0, 0.1) is 12.8 Å². The first-order valence-electron chi connectivity index (χ1n) is 17.5.